The van der Waals surface area contributed by atoms with Crippen molar-refractivity contribution in [2.24, 2.45) is 0 Å². The minimum Gasteiger partial charge on any atom is -0.337 e. The van der Waals surface area contributed by atoms with E-state index < -0.39 is 0 Å². The second-order valence-electron chi connectivity index (χ2n) is 7.21. The number of amides is 1. The maximum absolute atomic E-state index is 13.3. The molecule has 2 aliphatic rings. The van der Waals surface area contributed by atoms with Crippen molar-refractivity contribution in [2.75, 3.05) is 6.54 Å². The summed E-state index contributed by atoms with van der Waals surface area (Å²) in [6.07, 6.45) is 5.62. The topological polar surface area (TPSA) is 101 Å². The van der Waals surface area contributed by atoms with E-state index in [4.69, 9.17) is 4.52 Å². The van der Waals surface area contributed by atoms with Crippen LogP contribution in [0.3, 0.4) is 0 Å². The summed E-state index contributed by atoms with van der Waals surface area (Å²) in [5.74, 6) is 1.33. The van der Waals surface area contributed by atoms with E-state index in [1.54, 1.807) is 6.20 Å². The Hall–Kier alpha value is -3.03. The van der Waals surface area contributed by atoms with Gasteiger partial charge in [0.1, 0.15) is 11.7 Å². The van der Waals surface area contributed by atoms with Crippen LogP contribution >= 0.6 is 0 Å². The first-order valence-electron chi connectivity index (χ1n) is 9.33. The summed E-state index contributed by atoms with van der Waals surface area (Å²) in [6, 6.07) is 5.35. The molecule has 1 N–H and O–H groups in total. The van der Waals surface area contributed by atoms with Crippen molar-refractivity contribution in [3.05, 3.63) is 47.2 Å². The maximum atomic E-state index is 13.3. The molecule has 0 unspecified atom stereocenters. The van der Waals surface area contributed by atoms with Gasteiger partial charge in [-0.3, -0.25) is 14.9 Å². The van der Waals surface area contributed by atoms with Crippen LogP contribution in [-0.2, 0) is 0 Å². The Kier molecular flexibility index (Phi) is 3.77. The molecule has 0 radical (unpaired) electrons. The average molecular weight is 364 g/mol. The van der Waals surface area contributed by atoms with Crippen molar-refractivity contribution in [3.8, 4) is 11.5 Å². The van der Waals surface area contributed by atoms with Crippen molar-refractivity contribution < 1.29 is 9.32 Å². The zero-order valence-electron chi connectivity index (χ0n) is 15.1. The second kappa shape index (κ2) is 6.29. The molecule has 0 bridgehead atoms. The number of rotatable bonds is 4. The van der Waals surface area contributed by atoms with Crippen LogP contribution in [0.25, 0.3) is 11.5 Å². The lowest BCUT2D eigenvalue weighted by Gasteiger charge is -2.22. The fraction of sp³-hybridized carbons (Fsp3) is 0.421. The second-order valence-corrected chi connectivity index (χ2v) is 7.21. The van der Waals surface area contributed by atoms with Crippen molar-refractivity contribution >= 4 is 5.91 Å². The number of carbonyl (C=O) groups excluding carboxylic acids is 1. The minimum atomic E-state index is -0.205. The summed E-state index contributed by atoms with van der Waals surface area (Å²) in [5, 5.41) is 11.4. The summed E-state index contributed by atoms with van der Waals surface area (Å²) in [7, 11) is 0. The lowest BCUT2D eigenvalue weighted by Crippen LogP contribution is -2.31. The highest BCUT2D eigenvalue weighted by atomic mass is 16.5. The molecule has 4 heterocycles. The van der Waals surface area contributed by atoms with Gasteiger partial charge in [-0.2, -0.15) is 10.1 Å². The largest absolute Gasteiger partial charge is 0.337 e. The molecule has 3 aromatic heterocycles. The van der Waals surface area contributed by atoms with E-state index in [0.717, 1.165) is 37.1 Å². The Morgan fingerprint density at radius 3 is 2.96 bits per heavy atom. The van der Waals surface area contributed by atoms with E-state index >= 15 is 0 Å². The summed E-state index contributed by atoms with van der Waals surface area (Å²) in [5.41, 5.74) is 3.11. The number of aryl methyl sites for hydroxylation is 1. The normalized spacial score (nSPS) is 19.6. The number of H-pyrrole nitrogens is 1. The molecule has 1 saturated heterocycles. The van der Waals surface area contributed by atoms with Gasteiger partial charge in [0.25, 0.3) is 5.91 Å². The molecule has 1 aliphatic heterocycles. The van der Waals surface area contributed by atoms with Crippen LogP contribution in [0.2, 0.25) is 0 Å². The quantitative estimate of drug-likeness (QED) is 0.764. The van der Waals surface area contributed by atoms with Crippen LogP contribution in [0.4, 0.5) is 0 Å². The van der Waals surface area contributed by atoms with Gasteiger partial charge < -0.3 is 9.42 Å². The molecule has 8 nitrogen and oxygen atoms in total. The lowest BCUT2D eigenvalue weighted by atomic mass is 10.1. The molecule has 0 spiro atoms. The number of pyridine rings is 1. The first-order valence-corrected chi connectivity index (χ1v) is 9.33. The van der Waals surface area contributed by atoms with Crippen LogP contribution < -0.4 is 0 Å². The number of carbonyl (C=O) groups is 1. The molecule has 2 fully saturated rings. The lowest BCUT2D eigenvalue weighted by molar-refractivity contribution is 0.0708. The number of nitrogens with zero attached hydrogens (tertiary/aromatic N) is 5. The Labute approximate surface area is 156 Å². The first-order chi connectivity index (χ1) is 13.2. The highest BCUT2D eigenvalue weighted by Crippen LogP contribution is 2.42. The minimum absolute atomic E-state index is 0.00300. The molecule has 1 atom stereocenters. The third-order valence-electron chi connectivity index (χ3n) is 5.29. The third-order valence-corrected chi connectivity index (χ3v) is 5.29. The predicted octanol–water partition coefficient (Wildman–Crippen LogP) is 3.02. The molecule has 8 heteroatoms. The predicted molar refractivity (Wildman–Crippen MR) is 95.8 cm³/mol. The van der Waals surface area contributed by atoms with Crippen LogP contribution in [0.5, 0.6) is 0 Å². The smallest absolute Gasteiger partial charge is 0.258 e. The van der Waals surface area contributed by atoms with E-state index in [-0.39, 0.29) is 11.9 Å². The van der Waals surface area contributed by atoms with Crippen molar-refractivity contribution in [1.82, 2.24) is 30.2 Å². The number of nitrogens with one attached hydrogen (secondary N) is 1. The van der Waals surface area contributed by atoms with Crippen molar-refractivity contribution in [3.63, 3.8) is 0 Å². The van der Waals surface area contributed by atoms with Gasteiger partial charge in [-0.15, -0.1) is 0 Å². The van der Waals surface area contributed by atoms with Gasteiger partial charge in [0, 0.05) is 24.4 Å². The van der Waals surface area contributed by atoms with Gasteiger partial charge in [0.05, 0.1) is 11.3 Å². The van der Waals surface area contributed by atoms with E-state index in [1.165, 1.54) is 0 Å². The number of aromatic amines is 1. The summed E-state index contributed by atoms with van der Waals surface area (Å²) in [4.78, 5) is 23.9. The molecule has 3 aromatic rings. The number of hydrogen-bond acceptors (Lipinski definition) is 6. The SMILES string of the molecule is Cc1[nH]nc(C2CC2)c1C(=O)N1CCC[C@H]1c1nc(-c2ccccn2)no1. The maximum Gasteiger partial charge on any atom is 0.258 e. The Morgan fingerprint density at radius 1 is 1.30 bits per heavy atom. The zero-order valence-corrected chi connectivity index (χ0v) is 15.1. The van der Waals surface area contributed by atoms with E-state index in [2.05, 4.69) is 25.3 Å². The molecule has 138 valence electrons. The van der Waals surface area contributed by atoms with E-state index in [9.17, 15) is 4.79 Å². The molecule has 1 amide bonds. The highest BCUT2D eigenvalue weighted by molar-refractivity contribution is 5.97. The summed E-state index contributed by atoms with van der Waals surface area (Å²) < 4.78 is 5.50. The van der Waals surface area contributed by atoms with Gasteiger partial charge in [-0.05, 0) is 44.7 Å². The highest BCUT2D eigenvalue weighted by Gasteiger charge is 2.39. The van der Waals surface area contributed by atoms with Crippen LogP contribution in [-0.4, -0.2) is 42.7 Å². The van der Waals surface area contributed by atoms with Crippen LogP contribution in [0.15, 0.2) is 28.9 Å². The van der Waals surface area contributed by atoms with Crippen molar-refractivity contribution in [2.45, 2.75) is 44.6 Å². The molecule has 27 heavy (non-hydrogen) atoms. The molecule has 1 saturated carbocycles. The fourth-order valence-corrected chi connectivity index (χ4v) is 3.75. The van der Waals surface area contributed by atoms with Crippen molar-refractivity contribution in [1.29, 1.82) is 0 Å². The van der Waals surface area contributed by atoms with Crippen LogP contribution in [0, 0.1) is 6.92 Å². The Bertz CT molecular complexity index is 975. The molecule has 0 aromatic carbocycles. The number of aromatic nitrogens is 5. The van der Waals surface area contributed by atoms with Crippen LogP contribution in [0.1, 0.15) is 65.3 Å². The molecular weight excluding hydrogens is 344 g/mol. The zero-order chi connectivity index (χ0) is 18.4. The summed E-state index contributed by atoms with van der Waals surface area (Å²) >= 11 is 0. The van der Waals surface area contributed by atoms with Gasteiger partial charge in [-0.25, -0.2) is 0 Å². The third kappa shape index (κ3) is 2.81. The monoisotopic (exact) mass is 364 g/mol. The Balaban J connectivity index is 1.44. The molecule has 1 aliphatic carbocycles. The Morgan fingerprint density at radius 2 is 2.19 bits per heavy atom. The molecular formula is C19H20N6O2. The van der Waals surface area contributed by atoms with Gasteiger partial charge in [0.2, 0.25) is 11.7 Å². The van der Waals surface area contributed by atoms with Gasteiger partial charge in [0.15, 0.2) is 0 Å². The van der Waals surface area contributed by atoms with Gasteiger partial charge >= 0.3 is 0 Å². The van der Waals surface area contributed by atoms with Gasteiger partial charge in [-0.1, -0.05) is 11.2 Å². The fourth-order valence-electron chi connectivity index (χ4n) is 3.75. The number of likely N-dealkylation sites (tertiary alicyclic amines) is 1. The molecule has 5 rings (SSSR count). The summed E-state index contributed by atoms with van der Waals surface area (Å²) in [6.45, 7) is 2.59. The number of hydrogen-bond donors (Lipinski definition) is 1. The first kappa shape index (κ1) is 16.2. The van der Waals surface area contributed by atoms with E-state index in [0.29, 0.717) is 35.4 Å². The average Bonchev–Trinajstić information content (AvgIpc) is 3.11. The standard InChI is InChI=1S/C19H20N6O2/c1-11-15(16(23-22-11)12-7-8-12)19(26)25-10-4-6-14(25)18-21-17(24-27-18)13-5-2-3-9-20-13/h2-3,5,9,12,14H,4,6-8,10H2,1H3,(H,22,23)/t14-/m0/s1. The van der Waals surface area contributed by atoms with E-state index in [1.807, 2.05) is 30.0 Å².